The number of fused-ring (bicyclic) bond motifs is 2. The van der Waals surface area contributed by atoms with Crippen molar-refractivity contribution in [2.45, 2.75) is 25.2 Å². The van der Waals surface area contributed by atoms with Gasteiger partial charge >= 0.3 is 5.97 Å². The summed E-state index contributed by atoms with van der Waals surface area (Å²) in [6.07, 6.45) is -0.880. The molecule has 28 heavy (non-hydrogen) atoms. The van der Waals surface area contributed by atoms with E-state index in [-0.39, 0.29) is 11.5 Å². The van der Waals surface area contributed by atoms with Crippen LogP contribution < -0.4 is 0 Å². The van der Waals surface area contributed by atoms with Crippen molar-refractivity contribution in [1.82, 2.24) is 9.97 Å². The van der Waals surface area contributed by atoms with Crippen molar-refractivity contribution in [2.75, 3.05) is 5.75 Å². The summed E-state index contributed by atoms with van der Waals surface area (Å²) < 4.78 is 10.9. The van der Waals surface area contributed by atoms with Gasteiger partial charge in [-0.1, -0.05) is 42.1 Å². The molecule has 0 bridgehead atoms. The molecule has 4 rings (SSSR count). The summed E-state index contributed by atoms with van der Waals surface area (Å²) in [5, 5.41) is 1.22. The second kappa shape index (κ2) is 7.52. The number of carbonyl (C=O) groups excluding carboxylic acids is 2. The average Bonchev–Trinajstić information content (AvgIpc) is 3.25. The molecule has 142 valence electrons. The van der Waals surface area contributed by atoms with Gasteiger partial charge in [-0.3, -0.25) is 9.59 Å². The van der Waals surface area contributed by atoms with E-state index >= 15 is 0 Å². The van der Waals surface area contributed by atoms with Gasteiger partial charge in [0.1, 0.15) is 11.3 Å². The highest BCUT2D eigenvalue weighted by Gasteiger charge is 2.24. The van der Waals surface area contributed by atoms with Crippen LogP contribution in [0, 0.1) is 6.92 Å². The molecule has 1 atom stereocenters. The van der Waals surface area contributed by atoms with Gasteiger partial charge in [0, 0.05) is 22.2 Å². The number of H-pyrrole nitrogens is 1. The fourth-order valence-electron chi connectivity index (χ4n) is 3.12. The smallest absolute Gasteiger partial charge is 0.317 e. The number of rotatable bonds is 6. The van der Waals surface area contributed by atoms with Crippen molar-refractivity contribution in [3.63, 3.8) is 0 Å². The number of benzene rings is 2. The molecule has 4 aromatic rings. The number of ketones is 1. The lowest BCUT2D eigenvalue weighted by atomic mass is 10.0. The minimum atomic E-state index is -0.880. The summed E-state index contributed by atoms with van der Waals surface area (Å²) in [6, 6.07) is 14.9. The maximum atomic E-state index is 12.8. The predicted molar refractivity (Wildman–Crippen MR) is 108 cm³/mol. The second-order valence-corrected chi connectivity index (χ2v) is 7.33. The molecular weight excluding hydrogens is 376 g/mol. The van der Waals surface area contributed by atoms with Crippen molar-refractivity contribution < 1.29 is 18.7 Å². The summed E-state index contributed by atoms with van der Waals surface area (Å²) in [5.74, 6) is -0.710. The van der Waals surface area contributed by atoms with Crippen molar-refractivity contribution in [2.24, 2.45) is 0 Å². The third kappa shape index (κ3) is 3.53. The minimum absolute atomic E-state index is 0.0112. The Morgan fingerprint density at radius 2 is 1.93 bits per heavy atom. The maximum absolute atomic E-state index is 12.8. The fourth-order valence-corrected chi connectivity index (χ4v) is 3.74. The minimum Gasteiger partial charge on any atom is -0.454 e. The van der Waals surface area contributed by atoms with Crippen LogP contribution >= 0.6 is 11.8 Å². The molecule has 0 spiro atoms. The summed E-state index contributed by atoms with van der Waals surface area (Å²) >= 11 is 1.14. The summed E-state index contributed by atoms with van der Waals surface area (Å²) in [4.78, 5) is 32.5. The Kier molecular flexibility index (Phi) is 4.92. The van der Waals surface area contributed by atoms with E-state index in [4.69, 9.17) is 9.15 Å². The number of nitrogens with one attached hydrogen (secondary N) is 1. The van der Waals surface area contributed by atoms with Crippen molar-refractivity contribution in [3.8, 4) is 0 Å². The lowest BCUT2D eigenvalue weighted by molar-refractivity contribution is -0.143. The first-order valence-electron chi connectivity index (χ1n) is 8.82. The van der Waals surface area contributed by atoms with Crippen molar-refractivity contribution >= 4 is 45.5 Å². The first kappa shape index (κ1) is 18.3. The van der Waals surface area contributed by atoms with Crippen LogP contribution in [0.15, 0.2) is 58.2 Å². The summed E-state index contributed by atoms with van der Waals surface area (Å²) in [7, 11) is 0. The Bertz CT molecular complexity index is 1140. The second-order valence-electron chi connectivity index (χ2n) is 6.40. The van der Waals surface area contributed by atoms with Crippen molar-refractivity contribution in [1.29, 1.82) is 0 Å². The van der Waals surface area contributed by atoms with Crippen molar-refractivity contribution in [3.05, 3.63) is 59.8 Å². The molecule has 0 fully saturated rings. The zero-order chi connectivity index (χ0) is 19.7. The van der Waals surface area contributed by atoms with Crippen LogP contribution in [0.2, 0.25) is 0 Å². The van der Waals surface area contributed by atoms with Gasteiger partial charge in [-0.05, 0) is 32.0 Å². The largest absolute Gasteiger partial charge is 0.454 e. The van der Waals surface area contributed by atoms with Gasteiger partial charge in [-0.2, -0.15) is 0 Å². The Hall–Kier alpha value is -3.06. The van der Waals surface area contributed by atoms with Gasteiger partial charge in [0.25, 0.3) is 5.22 Å². The number of aryl methyl sites for hydroxylation is 1. The topological polar surface area (TPSA) is 85.2 Å². The number of nitrogens with zero attached hydrogens (tertiary/aromatic N) is 1. The van der Waals surface area contributed by atoms with E-state index in [1.54, 1.807) is 6.92 Å². The number of Topliss-reactive ketones (excluding diaryl/α,β-unsaturated/α-hetero) is 1. The molecule has 0 amide bonds. The van der Waals surface area contributed by atoms with Crippen LogP contribution in [0.1, 0.15) is 23.0 Å². The van der Waals surface area contributed by atoms with E-state index in [0.29, 0.717) is 16.4 Å². The summed E-state index contributed by atoms with van der Waals surface area (Å²) in [6.45, 7) is 3.43. The highest BCUT2D eigenvalue weighted by Crippen LogP contribution is 2.25. The van der Waals surface area contributed by atoms with Gasteiger partial charge in [-0.25, -0.2) is 4.98 Å². The number of hydrogen-bond acceptors (Lipinski definition) is 6. The Morgan fingerprint density at radius 1 is 1.18 bits per heavy atom. The highest BCUT2D eigenvalue weighted by molar-refractivity contribution is 7.99. The quantitative estimate of drug-likeness (QED) is 0.294. The molecule has 7 heteroatoms. The maximum Gasteiger partial charge on any atom is 0.317 e. The number of thioether (sulfide) groups is 1. The number of carbonyl (C=O) groups is 2. The zero-order valence-corrected chi connectivity index (χ0v) is 16.2. The number of aromatic nitrogens is 2. The lowest BCUT2D eigenvalue weighted by Gasteiger charge is -2.12. The van der Waals surface area contributed by atoms with Gasteiger partial charge in [0.15, 0.2) is 11.7 Å². The molecule has 1 N–H and O–H groups in total. The molecule has 0 aliphatic carbocycles. The molecular formula is C21H18N2O4S. The van der Waals surface area contributed by atoms with E-state index in [9.17, 15) is 9.59 Å². The Morgan fingerprint density at radius 3 is 2.75 bits per heavy atom. The SMILES string of the molecule is Cc1[nH]c2ccccc2c1C(=O)[C@H](C)OC(=O)CSc1nc2ccccc2o1. The predicted octanol–water partition coefficient (Wildman–Crippen LogP) is 4.52. The Balaban J connectivity index is 1.41. The van der Waals surface area contributed by atoms with E-state index in [1.165, 1.54) is 0 Å². The third-order valence-electron chi connectivity index (χ3n) is 4.41. The number of oxazole rings is 1. The van der Waals surface area contributed by atoms with Gasteiger partial charge < -0.3 is 14.1 Å². The molecule has 6 nitrogen and oxygen atoms in total. The number of esters is 1. The first-order chi connectivity index (χ1) is 13.5. The molecule has 0 aliphatic heterocycles. The van der Waals surface area contributed by atoms with Gasteiger partial charge in [-0.15, -0.1) is 0 Å². The third-order valence-corrected chi connectivity index (χ3v) is 5.21. The summed E-state index contributed by atoms with van der Waals surface area (Å²) in [5.41, 5.74) is 3.60. The molecule has 0 radical (unpaired) electrons. The van der Waals surface area contributed by atoms with E-state index in [0.717, 1.165) is 33.9 Å². The van der Waals surface area contributed by atoms with Gasteiger partial charge in [0.2, 0.25) is 5.78 Å². The molecule has 0 saturated heterocycles. The Labute approximate surface area is 165 Å². The molecule has 0 saturated carbocycles. The van der Waals surface area contributed by atoms with Crippen LogP contribution in [-0.4, -0.2) is 33.6 Å². The lowest BCUT2D eigenvalue weighted by Crippen LogP contribution is -2.25. The molecule has 0 aliphatic rings. The molecule has 2 aromatic heterocycles. The fraction of sp³-hybridized carbons (Fsp3) is 0.190. The van der Waals surface area contributed by atoms with E-state index < -0.39 is 12.1 Å². The monoisotopic (exact) mass is 394 g/mol. The van der Waals surface area contributed by atoms with Crippen LogP contribution in [0.4, 0.5) is 0 Å². The number of aromatic amines is 1. The zero-order valence-electron chi connectivity index (χ0n) is 15.4. The number of hydrogen-bond donors (Lipinski definition) is 1. The van der Waals surface area contributed by atoms with Crippen LogP contribution in [0.5, 0.6) is 0 Å². The molecule has 2 aromatic carbocycles. The highest BCUT2D eigenvalue weighted by atomic mass is 32.2. The van der Waals surface area contributed by atoms with Gasteiger partial charge in [0.05, 0.1) is 0 Å². The van der Waals surface area contributed by atoms with Crippen LogP contribution in [0.25, 0.3) is 22.0 Å². The normalized spacial score (nSPS) is 12.4. The van der Waals surface area contributed by atoms with E-state index in [1.807, 2.05) is 55.5 Å². The first-order valence-corrected chi connectivity index (χ1v) is 9.81. The van der Waals surface area contributed by atoms with Crippen LogP contribution in [0.3, 0.4) is 0 Å². The van der Waals surface area contributed by atoms with E-state index in [2.05, 4.69) is 9.97 Å². The number of ether oxygens (including phenoxy) is 1. The average molecular weight is 394 g/mol. The standard InChI is InChI=1S/C21H18N2O4S/c1-12-19(14-7-3-4-8-15(14)22-12)20(25)13(2)26-18(24)11-28-21-23-16-9-5-6-10-17(16)27-21/h3-10,13,22H,11H2,1-2H3/t13-/m0/s1. The molecule has 2 heterocycles. The molecule has 0 unspecified atom stereocenters. The van der Waals surface area contributed by atoms with Crippen LogP contribution in [-0.2, 0) is 9.53 Å². The number of para-hydroxylation sites is 3.